The van der Waals surface area contributed by atoms with Crippen molar-refractivity contribution < 1.29 is 56.5 Å². The standard InChI is InChI=1S/C33H37N5O7.C2HF3O2/c34-12-14-43-16-17-44-15-13-35-31(40)24-2-1-3-26(18-24)36-32(41)23-6-4-22(5-7-23)20-38(27-9-10-27)33(42)25-8-11-28-29(19-25)45-21-30(39)37-28;3-2(4,5)1(6)7/h1-8,11,18-19,27H,9-10,12-17,20-21,34H2,(H,35,40)(H,36,41)(H,37,39);(H,6,7). The summed E-state index contributed by atoms with van der Waals surface area (Å²) in [7, 11) is 0. The minimum atomic E-state index is -5.08. The predicted molar refractivity (Wildman–Crippen MR) is 181 cm³/mol. The molecule has 6 N–H and O–H groups in total. The van der Waals surface area contributed by atoms with E-state index < -0.39 is 12.1 Å². The third-order valence-electron chi connectivity index (χ3n) is 7.47. The Bertz CT molecular complexity index is 1730. The number of carbonyl (C=O) groups is 5. The summed E-state index contributed by atoms with van der Waals surface area (Å²) in [6.45, 7) is 2.81. The highest BCUT2D eigenvalue weighted by Gasteiger charge is 2.38. The molecule has 278 valence electrons. The molecule has 17 heteroatoms. The van der Waals surface area contributed by atoms with Gasteiger partial charge in [0.1, 0.15) is 5.75 Å². The first kappa shape index (κ1) is 39.3. The van der Waals surface area contributed by atoms with Gasteiger partial charge in [0.05, 0.1) is 32.1 Å². The van der Waals surface area contributed by atoms with Crippen LogP contribution in [-0.2, 0) is 25.6 Å². The minimum absolute atomic E-state index is 0.0823. The molecular weight excluding hydrogens is 691 g/mol. The number of nitrogens with two attached hydrogens (primary N) is 1. The van der Waals surface area contributed by atoms with Crippen LogP contribution in [0.4, 0.5) is 24.5 Å². The SMILES string of the molecule is NCCOCCOCCNC(=O)c1cccc(NC(=O)c2ccc(CN(C(=O)c3ccc4c(c3)OCC(=O)N4)C3CC3)cc2)c1.O=C(O)C(F)(F)F. The lowest BCUT2D eigenvalue weighted by molar-refractivity contribution is -0.192. The van der Waals surface area contributed by atoms with Gasteiger partial charge in [-0.15, -0.1) is 0 Å². The largest absolute Gasteiger partial charge is 0.490 e. The van der Waals surface area contributed by atoms with Crippen LogP contribution in [0.2, 0.25) is 0 Å². The van der Waals surface area contributed by atoms with Gasteiger partial charge >= 0.3 is 12.1 Å². The lowest BCUT2D eigenvalue weighted by atomic mass is 10.1. The fourth-order valence-electron chi connectivity index (χ4n) is 4.77. The van der Waals surface area contributed by atoms with E-state index in [-0.39, 0.29) is 36.3 Å². The molecule has 3 aromatic carbocycles. The first-order valence-electron chi connectivity index (χ1n) is 16.2. The maximum Gasteiger partial charge on any atom is 0.490 e. The van der Waals surface area contributed by atoms with Crippen LogP contribution in [0.1, 0.15) is 49.5 Å². The third-order valence-corrected chi connectivity index (χ3v) is 7.47. The van der Waals surface area contributed by atoms with Gasteiger partial charge in [0.2, 0.25) is 0 Å². The monoisotopic (exact) mass is 729 g/mol. The zero-order chi connectivity index (χ0) is 37.7. The molecule has 2 aliphatic rings. The molecule has 1 heterocycles. The summed E-state index contributed by atoms with van der Waals surface area (Å²) in [5.74, 6) is -3.22. The van der Waals surface area contributed by atoms with Crippen molar-refractivity contribution in [3.05, 3.63) is 89.0 Å². The maximum absolute atomic E-state index is 13.4. The van der Waals surface area contributed by atoms with E-state index in [1.807, 2.05) is 17.0 Å². The first-order chi connectivity index (χ1) is 24.8. The average Bonchev–Trinajstić information content (AvgIpc) is 3.97. The number of fused-ring (bicyclic) bond motifs is 1. The van der Waals surface area contributed by atoms with Gasteiger partial charge in [-0.3, -0.25) is 19.2 Å². The van der Waals surface area contributed by atoms with Crippen molar-refractivity contribution in [2.45, 2.75) is 31.6 Å². The zero-order valence-corrected chi connectivity index (χ0v) is 27.9. The van der Waals surface area contributed by atoms with E-state index in [0.29, 0.717) is 79.9 Å². The summed E-state index contributed by atoms with van der Waals surface area (Å²) >= 11 is 0. The molecule has 5 rings (SSSR count). The van der Waals surface area contributed by atoms with E-state index in [9.17, 15) is 32.3 Å². The van der Waals surface area contributed by atoms with Gasteiger partial charge in [0, 0.05) is 48.1 Å². The van der Waals surface area contributed by atoms with Crippen molar-refractivity contribution in [1.29, 1.82) is 0 Å². The number of carbonyl (C=O) groups excluding carboxylic acids is 4. The predicted octanol–water partition coefficient (Wildman–Crippen LogP) is 3.43. The fraction of sp³-hybridized carbons (Fsp3) is 0.343. The van der Waals surface area contributed by atoms with Gasteiger partial charge in [-0.25, -0.2) is 4.79 Å². The molecule has 0 atom stereocenters. The van der Waals surface area contributed by atoms with E-state index in [4.69, 9.17) is 29.8 Å². The number of nitrogens with zero attached hydrogens (tertiary/aromatic N) is 1. The number of anilines is 2. The molecular formula is C35H38F3N5O9. The van der Waals surface area contributed by atoms with Crippen molar-refractivity contribution in [2.24, 2.45) is 5.73 Å². The van der Waals surface area contributed by atoms with Gasteiger partial charge in [0.25, 0.3) is 23.6 Å². The highest BCUT2D eigenvalue weighted by molar-refractivity contribution is 6.05. The van der Waals surface area contributed by atoms with E-state index in [1.165, 1.54) is 0 Å². The van der Waals surface area contributed by atoms with E-state index in [0.717, 1.165) is 18.4 Å². The molecule has 1 fully saturated rings. The Morgan fingerprint density at radius 3 is 2.23 bits per heavy atom. The summed E-state index contributed by atoms with van der Waals surface area (Å²) < 4.78 is 47.9. The minimum Gasteiger partial charge on any atom is -0.482 e. The number of hydrogen-bond acceptors (Lipinski definition) is 9. The molecule has 0 bridgehead atoms. The van der Waals surface area contributed by atoms with E-state index in [2.05, 4.69) is 16.0 Å². The Morgan fingerprint density at radius 1 is 0.904 bits per heavy atom. The van der Waals surface area contributed by atoms with E-state index >= 15 is 0 Å². The second-order valence-electron chi connectivity index (χ2n) is 11.5. The summed E-state index contributed by atoms with van der Waals surface area (Å²) in [6.07, 6.45) is -3.22. The number of amides is 4. The van der Waals surface area contributed by atoms with Gasteiger partial charge in [-0.2, -0.15) is 13.2 Å². The lowest BCUT2D eigenvalue weighted by Gasteiger charge is -2.24. The molecule has 52 heavy (non-hydrogen) atoms. The third kappa shape index (κ3) is 12.1. The lowest BCUT2D eigenvalue weighted by Crippen LogP contribution is -2.33. The highest BCUT2D eigenvalue weighted by Crippen LogP contribution is 2.33. The van der Waals surface area contributed by atoms with Crippen molar-refractivity contribution in [3.8, 4) is 5.75 Å². The summed E-state index contributed by atoms with van der Waals surface area (Å²) in [5, 5.41) is 15.5. The quantitative estimate of drug-likeness (QED) is 0.145. The van der Waals surface area contributed by atoms with Crippen molar-refractivity contribution >= 4 is 41.0 Å². The molecule has 0 aromatic heterocycles. The van der Waals surface area contributed by atoms with Crippen molar-refractivity contribution in [1.82, 2.24) is 10.2 Å². The Balaban J connectivity index is 0.000000785. The topological polar surface area (TPSA) is 199 Å². The van der Waals surface area contributed by atoms with Crippen LogP contribution in [0.25, 0.3) is 0 Å². The molecule has 4 amide bonds. The van der Waals surface area contributed by atoms with Crippen LogP contribution in [0.5, 0.6) is 5.75 Å². The van der Waals surface area contributed by atoms with Gasteiger partial charge in [-0.1, -0.05) is 18.2 Å². The molecule has 1 aliphatic carbocycles. The smallest absolute Gasteiger partial charge is 0.482 e. The molecule has 0 unspecified atom stereocenters. The molecule has 0 saturated heterocycles. The Morgan fingerprint density at radius 2 is 1.58 bits per heavy atom. The number of rotatable bonds is 15. The van der Waals surface area contributed by atoms with Crippen LogP contribution in [-0.4, -0.2) is 97.9 Å². The van der Waals surface area contributed by atoms with Crippen LogP contribution < -0.4 is 26.4 Å². The van der Waals surface area contributed by atoms with Gasteiger partial charge in [0.15, 0.2) is 6.61 Å². The van der Waals surface area contributed by atoms with Gasteiger partial charge in [-0.05, 0) is 66.9 Å². The molecule has 3 aromatic rings. The van der Waals surface area contributed by atoms with E-state index in [1.54, 1.807) is 54.6 Å². The number of alkyl halides is 3. The number of halogens is 3. The summed E-state index contributed by atoms with van der Waals surface area (Å²) in [4.78, 5) is 61.3. The number of aliphatic carboxylic acids is 1. The highest BCUT2D eigenvalue weighted by atomic mass is 19.4. The molecule has 1 aliphatic heterocycles. The summed E-state index contributed by atoms with van der Waals surface area (Å²) in [6, 6.07) is 19.0. The number of ether oxygens (including phenoxy) is 3. The second kappa shape index (κ2) is 18.6. The fourth-order valence-corrected chi connectivity index (χ4v) is 4.77. The Kier molecular flexibility index (Phi) is 14.1. The van der Waals surface area contributed by atoms with Crippen LogP contribution in [0.15, 0.2) is 66.7 Å². The molecule has 0 radical (unpaired) electrons. The maximum atomic E-state index is 13.4. The number of carboxylic acids is 1. The molecule has 0 spiro atoms. The zero-order valence-electron chi connectivity index (χ0n) is 27.9. The van der Waals surface area contributed by atoms with Gasteiger partial charge < -0.3 is 45.9 Å². The Hall–Kier alpha value is -5.52. The number of nitrogens with one attached hydrogen (secondary N) is 3. The van der Waals surface area contributed by atoms with Crippen molar-refractivity contribution in [2.75, 3.05) is 56.8 Å². The number of hydrogen-bond donors (Lipinski definition) is 5. The van der Waals surface area contributed by atoms with Crippen LogP contribution >= 0.6 is 0 Å². The Labute approximate surface area is 296 Å². The average molecular weight is 730 g/mol. The molecule has 1 saturated carbocycles. The number of benzene rings is 3. The first-order valence-corrected chi connectivity index (χ1v) is 16.2. The molecule has 14 nitrogen and oxygen atoms in total. The second-order valence-corrected chi connectivity index (χ2v) is 11.5. The summed E-state index contributed by atoms with van der Waals surface area (Å²) in [5.41, 5.74) is 8.63. The number of carboxylic acid groups (broad SMARTS) is 1. The normalized spacial score (nSPS) is 13.3. The van der Waals surface area contributed by atoms with Crippen molar-refractivity contribution in [3.63, 3.8) is 0 Å². The van der Waals surface area contributed by atoms with Crippen LogP contribution in [0.3, 0.4) is 0 Å². The van der Waals surface area contributed by atoms with Crippen LogP contribution in [0, 0.1) is 0 Å².